The molecule has 1 fully saturated rings. The molecule has 14 heteroatoms. The number of aromatic nitrogens is 3. The SMILES string of the molecule is CC(C)c1cc(F)ccc1N1C(=O)CSC1=NC(O)NCCc1cccc(-c2ncn(-c3ccc(OC(F)(F)F)cc3)n2)c1. The van der Waals surface area contributed by atoms with Crippen LogP contribution in [0, 0.1) is 5.82 Å². The maximum atomic E-state index is 13.9. The lowest BCUT2D eigenvalue weighted by atomic mass is 10.0. The quantitative estimate of drug-likeness (QED) is 0.173. The van der Waals surface area contributed by atoms with Crippen LogP contribution in [0.15, 0.2) is 78.0 Å². The third kappa shape index (κ3) is 7.62. The zero-order valence-corrected chi connectivity index (χ0v) is 24.4. The Morgan fingerprint density at radius 2 is 1.89 bits per heavy atom. The number of hydrogen-bond acceptors (Lipinski definition) is 8. The highest BCUT2D eigenvalue weighted by atomic mass is 32.2. The number of thioether (sulfide) groups is 1. The van der Waals surface area contributed by atoms with Crippen molar-refractivity contribution >= 4 is 28.5 Å². The second-order valence-electron chi connectivity index (χ2n) is 10.1. The van der Waals surface area contributed by atoms with Crippen LogP contribution in [0.4, 0.5) is 23.2 Å². The molecule has 3 aromatic carbocycles. The summed E-state index contributed by atoms with van der Waals surface area (Å²) in [5.74, 6) is -0.370. The summed E-state index contributed by atoms with van der Waals surface area (Å²) in [5.41, 5.74) is 3.39. The van der Waals surface area contributed by atoms with Gasteiger partial charge in [-0.3, -0.25) is 15.0 Å². The van der Waals surface area contributed by atoms with Gasteiger partial charge in [0.25, 0.3) is 0 Å². The van der Waals surface area contributed by atoms with Crippen molar-refractivity contribution in [2.24, 2.45) is 4.99 Å². The Kier molecular flexibility index (Phi) is 9.32. The lowest BCUT2D eigenvalue weighted by Crippen LogP contribution is -2.35. The van der Waals surface area contributed by atoms with Gasteiger partial charge < -0.3 is 9.84 Å². The summed E-state index contributed by atoms with van der Waals surface area (Å²) in [6.45, 7) is 4.19. The Labute approximate surface area is 254 Å². The molecule has 1 saturated heterocycles. The number of nitrogens with one attached hydrogen (secondary N) is 1. The molecule has 4 aromatic rings. The molecule has 1 aromatic heterocycles. The highest BCUT2D eigenvalue weighted by molar-refractivity contribution is 8.15. The van der Waals surface area contributed by atoms with Gasteiger partial charge in [0.2, 0.25) is 12.3 Å². The molecule has 9 nitrogen and oxygen atoms in total. The Morgan fingerprint density at radius 1 is 1.11 bits per heavy atom. The van der Waals surface area contributed by atoms with Crippen LogP contribution >= 0.6 is 11.8 Å². The number of benzene rings is 3. The number of aliphatic hydroxyl groups excluding tert-OH is 1. The third-order valence-corrected chi connectivity index (χ3v) is 7.54. The summed E-state index contributed by atoms with van der Waals surface area (Å²) in [5, 5.41) is 18.3. The first-order valence-electron chi connectivity index (χ1n) is 13.6. The van der Waals surface area contributed by atoms with Gasteiger partial charge in [0, 0.05) is 12.1 Å². The summed E-state index contributed by atoms with van der Waals surface area (Å²) in [6.07, 6.45) is -4.05. The average Bonchev–Trinajstić information content (AvgIpc) is 3.60. The second-order valence-corrected chi connectivity index (χ2v) is 11.1. The number of aliphatic imine (C=N–C) groups is 1. The van der Waals surface area contributed by atoms with Crippen LogP contribution in [0.1, 0.15) is 30.9 Å². The van der Waals surface area contributed by atoms with Gasteiger partial charge in [-0.15, -0.1) is 18.3 Å². The van der Waals surface area contributed by atoms with E-state index >= 15 is 0 Å². The molecule has 5 rings (SSSR count). The van der Waals surface area contributed by atoms with Gasteiger partial charge in [-0.05, 0) is 72.0 Å². The van der Waals surface area contributed by atoms with Crippen molar-refractivity contribution in [1.82, 2.24) is 20.1 Å². The van der Waals surface area contributed by atoms with Crippen LogP contribution in [0.25, 0.3) is 17.1 Å². The maximum absolute atomic E-state index is 13.9. The van der Waals surface area contributed by atoms with E-state index in [1.807, 2.05) is 38.1 Å². The number of amidine groups is 1. The zero-order chi connectivity index (χ0) is 31.4. The van der Waals surface area contributed by atoms with E-state index in [-0.39, 0.29) is 23.3 Å². The van der Waals surface area contributed by atoms with E-state index in [1.165, 1.54) is 64.1 Å². The number of ether oxygens (including phenoxy) is 1. The van der Waals surface area contributed by atoms with Crippen LogP contribution in [0.5, 0.6) is 5.75 Å². The Hall–Kier alpha value is -4.27. The van der Waals surface area contributed by atoms with Crippen molar-refractivity contribution in [3.05, 3.63) is 90.0 Å². The number of nitrogens with zero attached hydrogens (tertiary/aromatic N) is 5. The van der Waals surface area contributed by atoms with Crippen LogP contribution in [-0.4, -0.2) is 56.0 Å². The molecule has 44 heavy (non-hydrogen) atoms. The summed E-state index contributed by atoms with van der Waals surface area (Å²) < 4.78 is 56.5. The fraction of sp³-hybridized carbons (Fsp3) is 0.267. The lowest BCUT2D eigenvalue weighted by Gasteiger charge is -2.22. The van der Waals surface area contributed by atoms with Gasteiger partial charge in [-0.1, -0.05) is 43.8 Å². The molecule has 1 unspecified atom stereocenters. The fourth-order valence-electron chi connectivity index (χ4n) is 4.57. The van der Waals surface area contributed by atoms with E-state index in [0.29, 0.717) is 40.9 Å². The molecule has 0 radical (unpaired) electrons. The van der Waals surface area contributed by atoms with Crippen molar-refractivity contribution in [2.75, 3.05) is 17.2 Å². The van der Waals surface area contributed by atoms with Gasteiger partial charge in [-0.2, -0.15) is 0 Å². The fourth-order valence-corrected chi connectivity index (χ4v) is 5.45. The molecule has 0 aliphatic carbocycles. The standard InChI is InChI=1S/C30H28F4N6O3S/c1-18(2)24-15-21(31)6-11-25(24)40-26(41)16-44-29(40)37-28(42)35-13-12-19-4-3-5-20(14-19)27-36-17-39(38-27)22-7-9-23(10-8-22)43-30(32,33)34/h3-11,14-15,17-18,28,35,42H,12-13,16H2,1-2H3. The van der Waals surface area contributed by atoms with Crippen LogP contribution in [0.3, 0.4) is 0 Å². The number of rotatable bonds is 10. The second kappa shape index (κ2) is 13.2. The van der Waals surface area contributed by atoms with Gasteiger partial charge in [-0.25, -0.2) is 19.0 Å². The minimum Gasteiger partial charge on any atom is -0.406 e. The first-order chi connectivity index (χ1) is 21.0. The number of carbonyl (C=O) groups excluding carboxylic acids is 1. The van der Waals surface area contributed by atoms with Gasteiger partial charge >= 0.3 is 6.36 Å². The van der Waals surface area contributed by atoms with Gasteiger partial charge in [0.05, 0.1) is 17.1 Å². The molecule has 1 amide bonds. The molecule has 1 aliphatic rings. The van der Waals surface area contributed by atoms with Crippen molar-refractivity contribution < 1.29 is 32.2 Å². The Morgan fingerprint density at radius 3 is 2.61 bits per heavy atom. The highest BCUT2D eigenvalue weighted by Crippen LogP contribution is 2.34. The molecule has 1 atom stereocenters. The first kappa shape index (κ1) is 31.2. The third-order valence-electron chi connectivity index (χ3n) is 6.60. The van der Waals surface area contributed by atoms with E-state index < -0.39 is 18.5 Å². The van der Waals surface area contributed by atoms with Gasteiger partial charge in [0.1, 0.15) is 17.9 Å². The minimum atomic E-state index is -4.77. The number of alkyl halides is 3. The summed E-state index contributed by atoms with van der Waals surface area (Å²) in [4.78, 5) is 22.7. The molecule has 0 bridgehead atoms. The van der Waals surface area contributed by atoms with E-state index in [4.69, 9.17) is 0 Å². The summed E-state index contributed by atoms with van der Waals surface area (Å²) >= 11 is 1.20. The first-order valence-corrected chi connectivity index (χ1v) is 14.6. The molecule has 1 aliphatic heterocycles. The number of halogens is 4. The highest BCUT2D eigenvalue weighted by Gasteiger charge is 2.33. The van der Waals surface area contributed by atoms with E-state index in [1.54, 1.807) is 6.07 Å². The van der Waals surface area contributed by atoms with Crippen LogP contribution in [-0.2, 0) is 11.2 Å². The lowest BCUT2D eigenvalue weighted by molar-refractivity contribution is -0.274. The molecule has 2 N–H and O–H groups in total. The topological polar surface area (TPSA) is 105 Å². The van der Waals surface area contributed by atoms with E-state index in [9.17, 15) is 27.5 Å². The molecule has 2 heterocycles. The molecular weight excluding hydrogens is 600 g/mol. The van der Waals surface area contributed by atoms with Crippen molar-refractivity contribution in [3.63, 3.8) is 0 Å². The zero-order valence-electron chi connectivity index (χ0n) is 23.6. The predicted octanol–water partition coefficient (Wildman–Crippen LogP) is 5.64. The normalized spacial score (nSPS) is 15.4. The minimum absolute atomic E-state index is 0.0311. The summed E-state index contributed by atoms with van der Waals surface area (Å²) in [6, 6.07) is 17.0. The van der Waals surface area contributed by atoms with Crippen LogP contribution < -0.4 is 15.0 Å². The van der Waals surface area contributed by atoms with E-state index in [0.717, 1.165) is 11.1 Å². The largest absolute Gasteiger partial charge is 0.573 e. The molecule has 230 valence electrons. The maximum Gasteiger partial charge on any atom is 0.573 e. The molecule has 0 saturated carbocycles. The molecular formula is C30H28F4N6O3S. The van der Waals surface area contributed by atoms with Crippen molar-refractivity contribution in [1.29, 1.82) is 0 Å². The average molecular weight is 629 g/mol. The van der Waals surface area contributed by atoms with Gasteiger partial charge in [0.15, 0.2) is 11.0 Å². The van der Waals surface area contributed by atoms with Crippen molar-refractivity contribution in [2.45, 2.75) is 38.9 Å². The predicted molar refractivity (Wildman–Crippen MR) is 159 cm³/mol. The van der Waals surface area contributed by atoms with Crippen molar-refractivity contribution in [3.8, 4) is 22.8 Å². The Bertz CT molecular complexity index is 1660. The number of anilines is 1. The number of carbonyl (C=O) groups is 1. The monoisotopic (exact) mass is 628 g/mol. The molecule has 0 spiro atoms. The number of hydrogen-bond donors (Lipinski definition) is 2. The smallest absolute Gasteiger partial charge is 0.406 e. The Balaban J connectivity index is 1.21. The number of amides is 1. The van der Waals surface area contributed by atoms with E-state index in [2.05, 4.69) is 25.1 Å². The van der Waals surface area contributed by atoms with Crippen LogP contribution in [0.2, 0.25) is 0 Å². The number of aliphatic hydroxyl groups is 1. The summed E-state index contributed by atoms with van der Waals surface area (Å²) in [7, 11) is 0.